The maximum absolute atomic E-state index is 13.1. The standard InChI is InChI=1S/C26H33N3O5S/c1-19(26(30)27-21-8-10-22(11-9-21)35(31,32)28-13-2-3-14-28)29-15-4-6-23(29)20-7-12-24-25(18-20)34-17-5-16-33-24/h7-12,18-19,23H,2-6,13-17H2,1H3,(H,27,30)/t19-,23-/m1/s1. The van der Waals surface area contributed by atoms with Crippen LogP contribution in [0.1, 0.15) is 50.6 Å². The summed E-state index contributed by atoms with van der Waals surface area (Å²) in [4.78, 5) is 15.6. The van der Waals surface area contributed by atoms with Crippen molar-refractivity contribution < 1.29 is 22.7 Å². The summed E-state index contributed by atoms with van der Waals surface area (Å²) < 4.78 is 38.6. The predicted molar refractivity (Wildman–Crippen MR) is 133 cm³/mol. The number of benzene rings is 2. The van der Waals surface area contributed by atoms with Gasteiger partial charge in [0, 0.05) is 31.2 Å². The Morgan fingerprint density at radius 2 is 1.66 bits per heavy atom. The Bertz CT molecular complexity index is 1160. The second-order valence-corrected chi connectivity index (χ2v) is 11.4. The number of nitrogens with zero attached hydrogens (tertiary/aromatic N) is 2. The number of amides is 1. The normalized spacial score (nSPS) is 22.0. The van der Waals surface area contributed by atoms with Gasteiger partial charge in [-0.3, -0.25) is 9.69 Å². The number of carbonyl (C=O) groups excluding carboxylic acids is 1. The fraction of sp³-hybridized carbons (Fsp3) is 0.500. The largest absolute Gasteiger partial charge is 0.490 e. The van der Waals surface area contributed by atoms with Gasteiger partial charge in [0.25, 0.3) is 0 Å². The second kappa shape index (κ2) is 10.2. The number of nitrogens with one attached hydrogen (secondary N) is 1. The molecule has 2 aromatic rings. The van der Waals surface area contributed by atoms with E-state index < -0.39 is 10.0 Å². The average Bonchev–Trinajstić information content (AvgIpc) is 3.53. The third-order valence-electron chi connectivity index (χ3n) is 7.15. The molecule has 2 saturated heterocycles. The first-order valence-electron chi connectivity index (χ1n) is 12.5. The highest BCUT2D eigenvalue weighted by Crippen LogP contribution is 2.39. The Morgan fingerprint density at radius 3 is 2.40 bits per heavy atom. The number of fused-ring (bicyclic) bond motifs is 1. The maximum atomic E-state index is 13.1. The van der Waals surface area contributed by atoms with Gasteiger partial charge in [-0.1, -0.05) is 6.07 Å². The summed E-state index contributed by atoms with van der Waals surface area (Å²) in [5, 5.41) is 2.96. The molecule has 9 heteroatoms. The minimum absolute atomic E-state index is 0.110. The molecule has 3 aliphatic heterocycles. The van der Waals surface area contributed by atoms with Crippen molar-refractivity contribution in [2.24, 2.45) is 0 Å². The van der Waals surface area contributed by atoms with Crippen molar-refractivity contribution in [1.82, 2.24) is 9.21 Å². The van der Waals surface area contributed by atoms with Gasteiger partial charge < -0.3 is 14.8 Å². The van der Waals surface area contributed by atoms with Crippen LogP contribution in [0.25, 0.3) is 0 Å². The summed E-state index contributed by atoms with van der Waals surface area (Å²) in [6, 6.07) is 12.3. The van der Waals surface area contributed by atoms with Crippen LogP contribution in [0.4, 0.5) is 5.69 Å². The van der Waals surface area contributed by atoms with Gasteiger partial charge in [0.2, 0.25) is 15.9 Å². The Balaban J connectivity index is 1.25. The fourth-order valence-corrected chi connectivity index (χ4v) is 6.70. The zero-order chi connectivity index (χ0) is 24.4. The van der Waals surface area contributed by atoms with E-state index in [-0.39, 0.29) is 22.9 Å². The number of carbonyl (C=O) groups is 1. The SMILES string of the molecule is C[C@H](C(=O)Nc1ccc(S(=O)(=O)N2CCCC2)cc1)N1CCC[C@@H]1c1ccc2c(c1)OCCCO2. The van der Waals surface area contributed by atoms with Gasteiger partial charge in [0.15, 0.2) is 11.5 Å². The first kappa shape index (κ1) is 24.1. The van der Waals surface area contributed by atoms with Crippen molar-refractivity contribution >= 4 is 21.6 Å². The quantitative estimate of drug-likeness (QED) is 0.651. The molecule has 0 saturated carbocycles. The van der Waals surface area contributed by atoms with Gasteiger partial charge in [0.1, 0.15) is 0 Å². The van der Waals surface area contributed by atoms with E-state index in [0.29, 0.717) is 32.0 Å². The summed E-state index contributed by atoms with van der Waals surface area (Å²) in [5.74, 6) is 1.44. The van der Waals surface area contributed by atoms with Gasteiger partial charge in [-0.15, -0.1) is 0 Å². The van der Waals surface area contributed by atoms with E-state index in [1.54, 1.807) is 24.3 Å². The molecule has 0 aromatic heterocycles. The lowest BCUT2D eigenvalue weighted by molar-refractivity contribution is -0.121. The molecule has 1 N–H and O–H groups in total. The van der Waals surface area contributed by atoms with Crippen LogP contribution in [0.15, 0.2) is 47.4 Å². The molecule has 0 bridgehead atoms. The van der Waals surface area contributed by atoms with E-state index in [0.717, 1.165) is 55.7 Å². The van der Waals surface area contributed by atoms with E-state index in [4.69, 9.17) is 9.47 Å². The summed E-state index contributed by atoms with van der Waals surface area (Å²) >= 11 is 0. The van der Waals surface area contributed by atoms with Crippen molar-refractivity contribution in [2.45, 2.75) is 56.0 Å². The third kappa shape index (κ3) is 5.03. The Hall–Kier alpha value is -2.62. The molecule has 2 fully saturated rings. The van der Waals surface area contributed by atoms with Gasteiger partial charge in [0.05, 0.1) is 24.2 Å². The van der Waals surface area contributed by atoms with Crippen LogP contribution < -0.4 is 14.8 Å². The molecule has 3 heterocycles. The highest BCUT2D eigenvalue weighted by Gasteiger charge is 2.34. The molecule has 5 rings (SSSR count). The molecule has 0 radical (unpaired) electrons. The lowest BCUT2D eigenvalue weighted by atomic mass is 10.0. The van der Waals surface area contributed by atoms with E-state index in [9.17, 15) is 13.2 Å². The van der Waals surface area contributed by atoms with E-state index in [2.05, 4.69) is 16.3 Å². The van der Waals surface area contributed by atoms with Crippen LogP contribution in [0.2, 0.25) is 0 Å². The highest BCUT2D eigenvalue weighted by molar-refractivity contribution is 7.89. The molecule has 35 heavy (non-hydrogen) atoms. The van der Waals surface area contributed by atoms with Gasteiger partial charge in [-0.05, 0) is 81.1 Å². The smallest absolute Gasteiger partial charge is 0.243 e. The predicted octanol–water partition coefficient (Wildman–Crippen LogP) is 3.80. The first-order valence-corrected chi connectivity index (χ1v) is 13.9. The molecule has 2 atom stereocenters. The second-order valence-electron chi connectivity index (χ2n) is 9.45. The zero-order valence-electron chi connectivity index (χ0n) is 20.1. The highest BCUT2D eigenvalue weighted by atomic mass is 32.2. The summed E-state index contributed by atoms with van der Waals surface area (Å²) in [7, 11) is -3.47. The molecule has 0 aliphatic carbocycles. The lowest BCUT2D eigenvalue weighted by Crippen LogP contribution is -2.41. The summed E-state index contributed by atoms with van der Waals surface area (Å²) in [5.41, 5.74) is 1.72. The van der Waals surface area contributed by atoms with E-state index in [1.165, 1.54) is 4.31 Å². The van der Waals surface area contributed by atoms with E-state index in [1.807, 2.05) is 19.1 Å². The molecule has 188 valence electrons. The molecular formula is C26H33N3O5S. The zero-order valence-corrected chi connectivity index (χ0v) is 20.9. The monoisotopic (exact) mass is 499 g/mol. The number of likely N-dealkylation sites (tertiary alicyclic amines) is 1. The van der Waals surface area contributed by atoms with Crippen molar-refractivity contribution in [3.05, 3.63) is 48.0 Å². The van der Waals surface area contributed by atoms with Crippen LogP contribution in [0.3, 0.4) is 0 Å². The Kier molecular flexibility index (Phi) is 7.00. The number of hydrogen-bond acceptors (Lipinski definition) is 6. The first-order chi connectivity index (χ1) is 16.9. The molecule has 8 nitrogen and oxygen atoms in total. The summed E-state index contributed by atoms with van der Waals surface area (Å²) in [6.07, 6.45) is 4.64. The van der Waals surface area contributed by atoms with Crippen molar-refractivity contribution in [2.75, 3.05) is 38.2 Å². The van der Waals surface area contributed by atoms with Crippen LogP contribution in [0, 0.1) is 0 Å². The molecule has 3 aliphatic rings. The molecule has 1 amide bonds. The van der Waals surface area contributed by atoms with Crippen molar-refractivity contribution in [3.8, 4) is 11.5 Å². The van der Waals surface area contributed by atoms with Crippen molar-refractivity contribution in [1.29, 1.82) is 0 Å². The lowest BCUT2D eigenvalue weighted by Gasteiger charge is -2.30. The van der Waals surface area contributed by atoms with Crippen LogP contribution >= 0.6 is 0 Å². The van der Waals surface area contributed by atoms with Crippen LogP contribution in [0.5, 0.6) is 11.5 Å². The van der Waals surface area contributed by atoms with Crippen LogP contribution in [-0.4, -0.2) is 62.4 Å². The minimum atomic E-state index is -3.47. The number of anilines is 1. The molecular weight excluding hydrogens is 466 g/mol. The Labute approximate surface area is 207 Å². The molecule has 2 aromatic carbocycles. The number of ether oxygens (including phenoxy) is 2. The third-order valence-corrected chi connectivity index (χ3v) is 9.06. The van der Waals surface area contributed by atoms with Crippen LogP contribution in [-0.2, 0) is 14.8 Å². The minimum Gasteiger partial charge on any atom is -0.490 e. The molecule has 0 spiro atoms. The van der Waals surface area contributed by atoms with Gasteiger partial charge >= 0.3 is 0 Å². The fourth-order valence-electron chi connectivity index (χ4n) is 5.18. The maximum Gasteiger partial charge on any atom is 0.243 e. The Morgan fingerprint density at radius 1 is 0.943 bits per heavy atom. The number of rotatable bonds is 6. The van der Waals surface area contributed by atoms with Gasteiger partial charge in [-0.25, -0.2) is 8.42 Å². The number of sulfonamides is 1. The average molecular weight is 500 g/mol. The van der Waals surface area contributed by atoms with E-state index >= 15 is 0 Å². The number of hydrogen-bond donors (Lipinski definition) is 1. The summed E-state index contributed by atoms with van der Waals surface area (Å²) in [6.45, 7) is 5.19. The topological polar surface area (TPSA) is 88.2 Å². The molecule has 0 unspecified atom stereocenters. The van der Waals surface area contributed by atoms with Crippen molar-refractivity contribution in [3.63, 3.8) is 0 Å². The van der Waals surface area contributed by atoms with Gasteiger partial charge in [-0.2, -0.15) is 4.31 Å².